The standard InChI is InChI=1S/C17H21N3O5S/c1-12-16(13(2)25-19-12)11-18-17(21)14-3-5-15(6-4-14)26(22,23)20-7-9-24-10-8-20/h3-6H,7-11H2,1-2H3,(H,18,21). The van der Waals surface area contributed by atoms with Gasteiger partial charge in [0.2, 0.25) is 10.0 Å². The maximum Gasteiger partial charge on any atom is 0.251 e. The van der Waals surface area contributed by atoms with E-state index in [1.54, 1.807) is 6.92 Å². The number of ether oxygens (including phenoxy) is 1. The number of sulfonamides is 1. The third kappa shape index (κ3) is 3.79. The van der Waals surface area contributed by atoms with Crippen LogP contribution in [-0.4, -0.2) is 50.1 Å². The monoisotopic (exact) mass is 379 g/mol. The van der Waals surface area contributed by atoms with Crippen molar-refractivity contribution >= 4 is 15.9 Å². The Labute approximate surface area is 152 Å². The van der Waals surface area contributed by atoms with Crippen LogP contribution in [-0.2, 0) is 21.3 Å². The van der Waals surface area contributed by atoms with Crippen LogP contribution in [0.25, 0.3) is 0 Å². The molecule has 1 aromatic heterocycles. The van der Waals surface area contributed by atoms with Crippen LogP contribution >= 0.6 is 0 Å². The quantitative estimate of drug-likeness (QED) is 0.839. The lowest BCUT2D eigenvalue weighted by Crippen LogP contribution is -2.40. The Morgan fingerprint density at radius 1 is 1.19 bits per heavy atom. The van der Waals surface area contributed by atoms with Crippen molar-refractivity contribution in [2.45, 2.75) is 25.3 Å². The summed E-state index contributed by atoms with van der Waals surface area (Å²) in [5.74, 6) is 0.370. The molecule has 0 saturated carbocycles. The van der Waals surface area contributed by atoms with Gasteiger partial charge in [0.1, 0.15) is 5.76 Å². The molecule has 26 heavy (non-hydrogen) atoms. The molecule has 3 rings (SSSR count). The number of nitrogens with one attached hydrogen (secondary N) is 1. The Hall–Kier alpha value is -2.23. The normalized spacial score (nSPS) is 15.8. The molecule has 1 saturated heterocycles. The Balaban J connectivity index is 1.68. The van der Waals surface area contributed by atoms with Gasteiger partial charge in [-0.1, -0.05) is 5.16 Å². The lowest BCUT2D eigenvalue weighted by atomic mass is 10.2. The zero-order chi connectivity index (χ0) is 18.7. The number of aryl methyl sites for hydroxylation is 2. The van der Waals surface area contributed by atoms with Crippen molar-refractivity contribution in [3.63, 3.8) is 0 Å². The first kappa shape index (κ1) is 18.6. The molecule has 1 amide bonds. The molecule has 0 bridgehead atoms. The molecule has 2 heterocycles. The number of morpholine rings is 1. The molecule has 0 unspecified atom stereocenters. The van der Waals surface area contributed by atoms with Gasteiger partial charge in [-0.3, -0.25) is 4.79 Å². The van der Waals surface area contributed by atoms with Crippen molar-refractivity contribution in [3.8, 4) is 0 Å². The average molecular weight is 379 g/mol. The third-order valence-electron chi connectivity index (χ3n) is 4.33. The van der Waals surface area contributed by atoms with Crippen LogP contribution in [0.4, 0.5) is 0 Å². The van der Waals surface area contributed by atoms with E-state index in [-0.39, 0.29) is 10.8 Å². The zero-order valence-corrected chi connectivity index (χ0v) is 15.5. The summed E-state index contributed by atoms with van der Waals surface area (Å²) in [5, 5.41) is 6.63. The lowest BCUT2D eigenvalue weighted by Gasteiger charge is -2.26. The van der Waals surface area contributed by atoms with Crippen LogP contribution in [0.1, 0.15) is 27.4 Å². The second-order valence-corrected chi connectivity index (χ2v) is 7.96. The fourth-order valence-electron chi connectivity index (χ4n) is 2.74. The Kier molecular flexibility index (Phi) is 5.40. The number of amides is 1. The van der Waals surface area contributed by atoms with Crippen LogP contribution < -0.4 is 5.32 Å². The molecule has 1 fully saturated rings. The molecule has 9 heteroatoms. The average Bonchev–Trinajstić information content (AvgIpc) is 2.98. The van der Waals surface area contributed by atoms with Crippen molar-refractivity contribution < 1.29 is 22.5 Å². The van der Waals surface area contributed by atoms with Gasteiger partial charge < -0.3 is 14.6 Å². The van der Waals surface area contributed by atoms with E-state index in [9.17, 15) is 13.2 Å². The molecule has 0 spiro atoms. The van der Waals surface area contributed by atoms with Crippen LogP contribution in [0.2, 0.25) is 0 Å². The first-order valence-electron chi connectivity index (χ1n) is 8.27. The molecule has 2 aromatic rings. The molecular weight excluding hydrogens is 358 g/mol. The number of carbonyl (C=O) groups excluding carboxylic acids is 1. The summed E-state index contributed by atoms with van der Waals surface area (Å²) in [6, 6.07) is 5.93. The Bertz CT molecular complexity index is 864. The predicted molar refractivity (Wildman–Crippen MR) is 93.2 cm³/mol. The summed E-state index contributed by atoms with van der Waals surface area (Å²) in [7, 11) is -3.56. The molecule has 1 aromatic carbocycles. The summed E-state index contributed by atoms with van der Waals surface area (Å²) in [5.41, 5.74) is 1.96. The highest BCUT2D eigenvalue weighted by molar-refractivity contribution is 7.89. The minimum Gasteiger partial charge on any atom is -0.379 e. The van der Waals surface area contributed by atoms with E-state index in [1.807, 2.05) is 6.92 Å². The number of benzene rings is 1. The van der Waals surface area contributed by atoms with Crippen molar-refractivity contribution in [3.05, 3.63) is 46.8 Å². The Morgan fingerprint density at radius 2 is 1.85 bits per heavy atom. The van der Waals surface area contributed by atoms with Crippen LogP contribution in [0.15, 0.2) is 33.7 Å². The van der Waals surface area contributed by atoms with Gasteiger partial charge in [-0.2, -0.15) is 4.31 Å². The molecule has 0 radical (unpaired) electrons. The summed E-state index contributed by atoms with van der Waals surface area (Å²) >= 11 is 0. The minimum atomic E-state index is -3.56. The fraction of sp³-hybridized carbons (Fsp3) is 0.412. The van der Waals surface area contributed by atoms with Gasteiger partial charge in [-0.25, -0.2) is 8.42 Å². The van der Waals surface area contributed by atoms with E-state index in [0.717, 1.165) is 11.3 Å². The van der Waals surface area contributed by atoms with Gasteiger partial charge in [0.15, 0.2) is 0 Å². The van der Waals surface area contributed by atoms with E-state index >= 15 is 0 Å². The van der Waals surface area contributed by atoms with Crippen LogP contribution in [0.3, 0.4) is 0 Å². The van der Waals surface area contributed by atoms with Gasteiger partial charge in [0, 0.05) is 30.8 Å². The van der Waals surface area contributed by atoms with Crippen LogP contribution in [0.5, 0.6) is 0 Å². The molecule has 1 aliphatic rings. The van der Waals surface area contributed by atoms with E-state index < -0.39 is 10.0 Å². The second kappa shape index (κ2) is 7.56. The third-order valence-corrected chi connectivity index (χ3v) is 6.24. The van der Waals surface area contributed by atoms with Gasteiger partial charge in [-0.15, -0.1) is 0 Å². The van der Waals surface area contributed by atoms with Crippen molar-refractivity contribution in [1.29, 1.82) is 0 Å². The molecule has 1 N–H and O–H groups in total. The fourth-order valence-corrected chi connectivity index (χ4v) is 4.15. The molecule has 0 aliphatic carbocycles. The van der Waals surface area contributed by atoms with E-state index in [0.29, 0.717) is 44.2 Å². The van der Waals surface area contributed by atoms with E-state index in [1.165, 1.54) is 28.6 Å². The van der Waals surface area contributed by atoms with E-state index in [2.05, 4.69) is 10.5 Å². The number of aromatic nitrogens is 1. The van der Waals surface area contributed by atoms with Crippen molar-refractivity contribution in [1.82, 2.24) is 14.8 Å². The van der Waals surface area contributed by atoms with Gasteiger partial charge >= 0.3 is 0 Å². The zero-order valence-electron chi connectivity index (χ0n) is 14.7. The van der Waals surface area contributed by atoms with Gasteiger partial charge in [0.25, 0.3) is 5.91 Å². The summed E-state index contributed by atoms with van der Waals surface area (Å²) < 4.78 is 36.8. The highest BCUT2D eigenvalue weighted by Gasteiger charge is 2.26. The Morgan fingerprint density at radius 3 is 2.42 bits per heavy atom. The summed E-state index contributed by atoms with van der Waals surface area (Å²) in [6.45, 7) is 5.34. The van der Waals surface area contributed by atoms with Crippen molar-refractivity contribution in [2.24, 2.45) is 0 Å². The SMILES string of the molecule is Cc1noc(C)c1CNC(=O)c1ccc(S(=O)(=O)N2CCOCC2)cc1. The highest BCUT2D eigenvalue weighted by Crippen LogP contribution is 2.18. The smallest absolute Gasteiger partial charge is 0.251 e. The summed E-state index contributed by atoms with van der Waals surface area (Å²) in [4.78, 5) is 12.5. The number of rotatable bonds is 5. The molecule has 1 aliphatic heterocycles. The predicted octanol–water partition coefficient (Wildman–Crippen LogP) is 1.24. The highest BCUT2D eigenvalue weighted by atomic mass is 32.2. The number of hydrogen-bond acceptors (Lipinski definition) is 6. The van der Waals surface area contributed by atoms with Crippen molar-refractivity contribution in [2.75, 3.05) is 26.3 Å². The first-order valence-corrected chi connectivity index (χ1v) is 9.71. The number of carbonyl (C=O) groups is 1. The maximum absolute atomic E-state index is 12.6. The van der Waals surface area contributed by atoms with Gasteiger partial charge in [0.05, 0.1) is 23.8 Å². The lowest BCUT2D eigenvalue weighted by molar-refractivity contribution is 0.0730. The summed E-state index contributed by atoms with van der Waals surface area (Å²) in [6.07, 6.45) is 0. The second-order valence-electron chi connectivity index (χ2n) is 6.03. The van der Waals surface area contributed by atoms with Crippen LogP contribution in [0, 0.1) is 13.8 Å². The number of nitrogens with zero attached hydrogens (tertiary/aromatic N) is 2. The number of hydrogen-bond donors (Lipinski definition) is 1. The maximum atomic E-state index is 12.6. The minimum absolute atomic E-state index is 0.168. The largest absolute Gasteiger partial charge is 0.379 e. The van der Waals surface area contributed by atoms with Gasteiger partial charge in [-0.05, 0) is 38.1 Å². The molecular formula is C17H21N3O5S. The molecule has 0 atom stereocenters. The molecule has 8 nitrogen and oxygen atoms in total. The molecule has 140 valence electrons. The topological polar surface area (TPSA) is 102 Å². The first-order chi connectivity index (χ1) is 12.4. The van der Waals surface area contributed by atoms with E-state index in [4.69, 9.17) is 9.26 Å².